The molecule has 0 aliphatic carbocycles. The summed E-state index contributed by atoms with van der Waals surface area (Å²) in [6, 6.07) is 14.3. The van der Waals surface area contributed by atoms with Crippen molar-refractivity contribution in [1.29, 1.82) is 0 Å². The molecule has 6 heteroatoms. The SMILES string of the molecule is Cc1c(C=CCNC(=O)OCc2ccccc2)cccc1[N+](=O)[O-]. The van der Waals surface area contributed by atoms with E-state index in [0.717, 1.165) is 11.1 Å². The van der Waals surface area contributed by atoms with Gasteiger partial charge in [-0.15, -0.1) is 0 Å². The number of alkyl carbamates (subject to hydrolysis) is 1. The number of nitrogens with one attached hydrogen (secondary N) is 1. The van der Waals surface area contributed by atoms with E-state index in [2.05, 4.69) is 5.32 Å². The Kier molecular flexibility index (Phi) is 6.08. The lowest BCUT2D eigenvalue weighted by molar-refractivity contribution is -0.385. The van der Waals surface area contributed by atoms with Crippen LogP contribution in [0.5, 0.6) is 0 Å². The molecule has 0 aliphatic heterocycles. The van der Waals surface area contributed by atoms with Crippen molar-refractivity contribution in [3.05, 3.63) is 81.4 Å². The van der Waals surface area contributed by atoms with Gasteiger partial charge in [0.1, 0.15) is 6.61 Å². The smallest absolute Gasteiger partial charge is 0.407 e. The van der Waals surface area contributed by atoms with Crippen molar-refractivity contribution in [3.63, 3.8) is 0 Å². The molecule has 0 bridgehead atoms. The number of ether oxygens (including phenoxy) is 1. The maximum atomic E-state index is 11.6. The lowest BCUT2D eigenvalue weighted by atomic mass is 10.1. The maximum Gasteiger partial charge on any atom is 0.407 e. The second-order valence-corrected chi connectivity index (χ2v) is 5.09. The maximum absolute atomic E-state index is 11.6. The highest BCUT2D eigenvalue weighted by molar-refractivity contribution is 5.68. The molecule has 6 nitrogen and oxygen atoms in total. The van der Waals surface area contributed by atoms with Gasteiger partial charge in [-0.25, -0.2) is 4.79 Å². The summed E-state index contributed by atoms with van der Waals surface area (Å²) in [6.45, 7) is 2.18. The van der Waals surface area contributed by atoms with E-state index in [4.69, 9.17) is 4.74 Å². The first-order chi connectivity index (χ1) is 11.6. The highest BCUT2D eigenvalue weighted by Crippen LogP contribution is 2.21. The monoisotopic (exact) mass is 326 g/mol. The molecule has 0 saturated carbocycles. The van der Waals surface area contributed by atoms with Crippen molar-refractivity contribution in [2.75, 3.05) is 6.54 Å². The molecule has 24 heavy (non-hydrogen) atoms. The van der Waals surface area contributed by atoms with Crippen molar-refractivity contribution in [2.24, 2.45) is 0 Å². The van der Waals surface area contributed by atoms with E-state index < -0.39 is 11.0 Å². The molecule has 0 atom stereocenters. The minimum Gasteiger partial charge on any atom is -0.445 e. The number of carbonyl (C=O) groups excluding carboxylic acids is 1. The summed E-state index contributed by atoms with van der Waals surface area (Å²) < 4.78 is 5.08. The normalized spacial score (nSPS) is 10.5. The summed E-state index contributed by atoms with van der Waals surface area (Å²) in [5.74, 6) is 0. The van der Waals surface area contributed by atoms with Gasteiger partial charge in [-0.2, -0.15) is 0 Å². The lowest BCUT2D eigenvalue weighted by Crippen LogP contribution is -2.24. The highest BCUT2D eigenvalue weighted by Gasteiger charge is 2.11. The van der Waals surface area contributed by atoms with Crippen LogP contribution in [-0.2, 0) is 11.3 Å². The zero-order valence-corrected chi connectivity index (χ0v) is 13.3. The average molecular weight is 326 g/mol. The molecule has 0 unspecified atom stereocenters. The first-order valence-corrected chi connectivity index (χ1v) is 7.43. The van der Waals surface area contributed by atoms with Crippen molar-refractivity contribution in [2.45, 2.75) is 13.5 Å². The molecule has 2 aromatic carbocycles. The number of benzene rings is 2. The van der Waals surface area contributed by atoms with Gasteiger partial charge in [-0.1, -0.05) is 54.6 Å². The third-order valence-corrected chi connectivity index (χ3v) is 3.42. The Bertz CT molecular complexity index is 742. The van der Waals surface area contributed by atoms with E-state index in [1.54, 1.807) is 31.2 Å². The van der Waals surface area contributed by atoms with Gasteiger partial charge in [0.05, 0.1) is 4.92 Å². The van der Waals surface area contributed by atoms with E-state index in [9.17, 15) is 14.9 Å². The molecule has 2 aromatic rings. The van der Waals surface area contributed by atoms with Crippen LogP contribution in [0.4, 0.5) is 10.5 Å². The predicted molar refractivity (Wildman–Crippen MR) is 91.5 cm³/mol. The Balaban J connectivity index is 1.81. The van der Waals surface area contributed by atoms with Crippen LogP contribution in [-0.4, -0.2) is 17.6 Å². The van der Waals surface area contributed by atoms with Crippen LogP contribution in [0.2, 0.25) is 0 Å². The molecule has 124 valence electrons. The minimum absolute atomic E-state index is 0.0763. The van der Waals surface area contributed by atoms with Crippen LogP contribution in [0.3, 0.4) is 0 Å². The molecule has 0 fully saturated rings. The Morgan fingerprint density at radius 1 is 1.21 bits per heavy atom. The number of hydrogen-bond donors (Lipinski definition) is 1. The predicted octanol–water partition coefficient (Wildman–Crippen LogP) is 3.84. The van der Waals surface area contributed by atoms with E-state index in [0.29, 0.717) is 5.56 Å². The molecule has 0 spiro atoms. The molecule has 0 aromatic heterocycles. The molecule has 0 aliphatic rings. The van der Waals surface area contributed by atoms with E-state index in [1.165, 1.54) is 6.07 Å². The van der Waals surface area contributed by atoms with Crippen LogP contribution in [0.15, 0.2) is 54.6 Å². The number of rotatable bonds is 6. The van der Waals surface area contributed by atoms with Crippen LogP contribution >= 0.6 is 0 Å². The number of nitrogens with zero attached hydrogens (tertiary/aromatic N) is 1. The summed E-state index contributed by atoms with van der Waals surface area (Å²) in [7, 11) is 0. The summed E-state index contributed by atoms with van der Waals surface area (Å²) in [5, 5.41) is 13.5. The molecular formula is C18H18N2O4. The molecule has 0 heterocycles. The third kappa shape index (κ3) is 4.95. The average Bonchev–Trinajstić information content (AvgIpc) is 2.58. The van der Waals surface area contributed by atoms with Crippen LogP contribution in [0.25, 0.3) is 6.08 Å². The Hall–Kier alpha value is -3.15. The number of nitro benzene ring substituents is 1. The minimum atomic E-state index is -0.515. The molecular weight excluding hydrogens is 308 g/mol. The van der Waals surface area contributed by atoms with Gasteiger partial charge < -0.3 is 10.1 Å². The summed E-state index contributed by atoms with van der Waals surface area (Å²) in [4.78, 5) is 22.1. The standard InChI is InChI=1S/C18H18N2O4/c1-14-16(9-5-11-17(14)20(22)23)10-6-12-19-18(21)24-13-15-7-3-2-4-8-15/h2-11H,12-13H2,1H3,(H,19,21). The van der Waals surface area contributed by atoms with Crippen LogP contribution in [0.1, 0.15) is 16.7 Å². The molecule has 1 amide bonds. The fourth-order valence-corrected chi connectivity index (χ4v) is 2.12. The van der Waals surface area contributed by atoms with Gasteiger partial charge in [-0.3, -0.25) is 10.1 Å². The quantitative estimate of drug-likeness (QED) is 0.646. The van der Waals surface area contributed by atoms with Gasteiger partial charge in [0.25, 0.3) is 5.69 Å². The summed E-state index contributed by atoms with van der Waals surface area (Å²) >= 11 is 0. The zero-order chi connectivity index (χ0) is 17.4. The third-order valence-electron chi connectivity index (χ3n) is 3.42. The van der Waals surface area contributed by atoms with Crippen molar-refractivity contribution >= 4 is 17.9 Å². The summed E-state index contributed by atoms with van der Waals surface area (Å²) in [6.07, 6.45) is 2.94. The summed E-state index contributed by atoms with van der Waals surface area (Å²) in [5.41, 5.74) is 2.32. The number of nitro groups is 1. The molecule has 2 rings (SSSR count). The Labute approximate surface area is 139 Å². The second-order valence-electron chi connectivity index (χ2n) is 5.09. The zero-order valence-electron chi connectivity index (χ0n) is 13.3. The van der Waals surface area contributed by atoms with E-state index >= 15 is 0 Å². The lowest BCUT2D eigenvalue weighted by Gasteiger charge is -2.05. The fraction of sp³-hybridized carbons (Fsp3) is 0.167. The van der Waals surface area contributed by atoms with Gasteiger partial charge >= 0.3 is 6.09 Å². The molecule has 1 N–H and O–H groups in total. The molecule has 0 saturated heterocycles. The van der Waals surface area contributed by atoms with Crippen molar-refractivity contribution < 1.29 is 14.5 Å². The van der Waals surface area contributed by atoms with E-state index in [1.807, 2.05) is 30.3 Å². The number of amides is 1. The first kappa shape index (κ1) is 17.2. The van der Waals surface area contributed by atoms with Gasteiger partial charge in [0.2, 0.25) is 0 Å². The van der Waals surface area contributed by atoms with Crippen LogP contribution in [0, 0.1) is 17.0 Å². The molecule has 0 radical (unpaired) electrons. The Morgan fingerprint density at radius 3 is 2.67 bits per heavy atom. The van der Waals surface area contributed by atoms with Gasteiger partial charge in [0.15, 0.2) is 0 Å². The highest BCUT2D eigenvalue weighted by atomic mass is 16.6. The first-order valence-electron chi connectivity index (χ1n) is 7.43. The number of carbonyl (C=O) groups is 1. The fourth-order valence-electron chi connectivity index (χ4n) is 2.12. The largest absolute Gasteiger partial charge is 0.445 e. The van der Waals surface area contributed by atoms with Crippen molar-refractivity contribution in [1.82, 2.24) is 5.32 Å². The Morgan fingerprint density at radius 2 is 1.96 bits per heavy atom. The van der Waals surface area contributed by atoms with Crippen LogP contribution < -0.4 is 5.32 Å². The topological polar surface area (TPSA) is 81.5 Å². The van der Waals surface area contributed by atoms with Gasteiger partial charge in [0, 0.05) is 18.2 Å². The number of hydrogen-bond acceptors (Lipinski definition) is 4. The van der Waals surface area contributed by atoms with Crippen molar-refractivity contribution in [3.8, 4) is 0 Å². The second kappa shape index (κ2) is 8.47. The van der Waals surface area contributed by atoms with E-state index in [-0.39, 0.29) is 18.8 Å². The van der Waals surface area contributed by atoms with Gasteiger partial charge in [-0.05, 0) is 18.1 Å².